The fourth-order valence-electron chi connectivity index (χ4n) is 2.80. The summed E-state index contributed by atoms with van der Waals surface area (Å²) in [6, 6.07) is 3.24. The molecule has 1 aliphatic rings. The Bertz CT molecular complexity index is 524. The SMILES string of the molecule is CCC1CCC(NC(=O)c2ccc(Cl)cn2)(C(N)=S)CC1. The van der Waals surface area contributed by atoms with Crippen molar-refractivity contribution < 1.29 is 4.79 Å². The van der Waals surface area contributed by atoms with E-state index in [0.717, 1.165) is 32.1 Å². The van der Waals surface area contributed by atoms with Gasteiger partial charge in [0.1, 0.15) is 5.69 Å². The zero-order valence-electron chi connectivity index (χ0n) is 12.1. The summed E-state index contributed by atoms with van der Waals surface area (Å²) in [5.74, 6) is 0.437. The summed E-state index contributed by atoms with van der Waals surface area (Å²) in [6.45, 7) is 2.19. The first kappa shape index (κ1) is 16.2. The molecule has 0 bridgehead atoms. The summed E-state index contributed by atoms with van der Waals surface area (Å²) < 4.78 is 0. The van der Waals surface area contributed by atoms with Gasteiger partial charge in [-0.1, -0.05) is 37.2 Å². The van der Waals surface area contributed by atoms with Crippen molar-refractivity contribution in [2.75, 3.05) is 0 Å². The molecule has 3 N–H and O–H groups in total. The highest BCUT2D eigenvalue weighted by Crippen LogP contribution is 2.34. The van der Waals surface area contributed by atoms with Gasteiger partial charge in [-0.25, -0.2) is 4.98 Å². The molecule has 1 aromatic heterocycles. The van der Waals surface area contributed by atoms with Crippen molar-refractivity contribution in [2.45, 2.75) is 44.6 Å². The zero-order chi connectivity index (χ0) is 15.5. The van der Waals surface area contributed by atoms with Gasteiger partial charge in [0, 0.05) is 6.20 Å². The Morgan fingerprint density at radius 3 is 2.67 bits per heavy atom. The number of aromatic nitrogens is 1. The number of nitrogens with one attached hydrogen (secondary N) is 1. The Labute approximate surface area is 135 Å². The van der Waals surface area contributed by atoms with Crippen molar-refractivity contribution in [1.29, 1.82) is 0 Å². The molecule has 114 valence electrons. The van der Waals surface area contributed by atoms with E-state index in [1.54, 1.807) is 12.1 Å². The highest BCUT2D eigenvalue weighted by molar-refractivity contribution is 7.80. The minimum Gasteiger partial charge on any atom is -0.391 e. The van der Waals surface area contributed by atoms with E-state index in [1.807, 2.05) is 0 Å². The molecule has 0 unspecified atom stereocenters. The third-order valence-electron chi connectivity index (χ3n) is 4.32. The predicted molar refractivity (Wildman–Crippen MR) is 88.5 cm³/mol. The van der Waals surface area contributed by atoms with E-state index < -0.39 is 5.54 Å². The van der Waals surface area contributed by atoms with Crippen LogP contribution in [0.1, 0.15) is 49.5 Å². The number of hydrogen-bond acceptors (Lipinski definition) is 3. The van der Waals surface area contributed by atoms with Crippen LogP contribution in [0.2, 0.25) is 5.02 Å². The lowest BCUT2D eigenvalue weighted by Gasteiger charge is -2.39. The molecule has 0 spiro atoms. The van der Waals surface area contributed by atoms with E-state index in [1.165, 1.54) is 6.20 Å². The van der Waals surface area contributed by atoms with Crippen LogP contribution in [0, 0.1) is 5.92 Å². The fourth-order valence-corrected chi connectivity index (χ4v) is 3.17. The van der Waals surface area contributed by atoms with E-state index >= 15 is 0 Å². The summed E-state index contributed by atoms with van der Waals surface area (Å²) in [4.78, 5) is 16.8. The molecule has 0 saturated heterocycles. The first-order valence-electron chi connectivity index (χ1n) is 7.21. The molecule has 1 heterocycles. The van der Waals surface area contributed by atoms with Gasteiger partial charge in [-0.05, 0) is 43.7 Å². The van der Waals surface area contributed by atoms with Crippen LogP contribution in [-0.4, -0.2) is 21.4 Å². The lowest BCUT2D eigenvalue weighted by molar-refractivity contribution is 0.0893. The van der Waals surface area contributed by atoms with E-state index in [-0.39, 0.29) is 5.91 Å². The van der Waals surface area contributed by atoms with E-state index in [4.69, 9.17) is 29.6 Å². The van der Waals surface area contributed by atoms with Gasteiger partial charge >= 0.3 is 0 Å². The molecule has 1 aliphatic carbocycles. The Morgan fingerprint density at radius 1 is 1.52 bits per heavy atom. The molecular formula is C15H20ClN3OS. The number of carbonyl (C=O) groups excluding carboxylic acids is 1. The summed E-state index contributed by atoms with van der Waals surface area (Å²) >= 11 is 11.0. The van der Waals surface area contributed by atoms with Crippen molar-refractivity contribution in [3.05, 3.63) is 29.0 Å². The number of amides is 1. The predicted octanol–water partition coefficient (Wildman–Crippen LogP) is 3.09. The van der Waals surface area contributed by atoms with Gasteiger partial charge in [0.2, 0.25) is 0 Å². The summed E-state index contributed by atoms with van der Waals surface area (Å²) in [5, 5.41) is 3.50. The maximum absolute atomic E-state index is 12.4. The largest absolute Gasteiger partial charge is 0.391 e. The second-order valence-corrected chi connectivity index (χ2v) is 6.49. The van der Waals surface area contributed by atoms with Gasteiger partial charge in [0.25, 0.3) is 5.91 Å². The molecule has 0 aliphatic heterocycles. The first-order valence-corrected chi connectivity index (χ1v) is 7.99. The van der Waals surface area contributed by atoms with Gasteiger partial charge < -0.3 is 11.1 Å². The Hall–Kier alpha value is -1.20. The van der Waals surface area contributed by atoms with Crippen molar-refractivity contribution >= 4 is 34.7 Å². The normalized spacial score (nSPS) is 25.3. The quantitative estimate of drug-likeness (QED) is 0.835. The molecule has 4 nitrogen and oxygen atoms in total. The average molecular weight is 326 g/mol. The molecule has 1 saturated carbocycles. The van der Waals surface area contributed by atoms with Crippen LogP contribution < -0.4 is 11.1 Å². The van der Waals surface area contributed by atoms with Crippen LogP contribution in [0.4, 0.5) is 0 Å². The van der Waals surface area contributed by atoms with Crippen molar-refractivity contribution in [3.8, 4) is 0 Å². The molecular weight excluding hydrogens is 306 g/mol. The van der Waals surface area contributed by atoms with Gasteiger partial charge in [-0.15, -0.1) is 0 Å². The minimum absolute atomic E-state index is 0.255. The summed E-state index contributed by atoms with van der Waals surface area (Å²) in [6.07, 6.45) is 6.25. The van der Waals surface area contributed by atoms with Crippen LogP contribution in [-0.2, 0) is 0 Å². The van der Waals surface area contributed by atoms with Gasteiger partial charge in [0.15, 0.2) is 0 Å². The maximum atomic E-state index is 12.4. The molecule has 1 amide bonds. The van der Waals surface area contributed by atoms with Gasteiger partial charge in [-0.2, -0.15) is 0 Å². The molecule has 0 atom stereocenters. The number of thiocarbonyl (C=S) groups is 1. The number of halogens is 1. The second kappa shape index (κ2) is 6.71. The van der Waals surface area contributed by atoms with Gasteiger partial charge in [0.05, 0.1) is 15.6 Å². The molecule has 0 radical (unpaired) electrons. The molecule has 1 fully saturated rings. The van der Waals surface area contributed by atoms with E-state index in [0.29, 0.717) is 21.6 Å². The molecule has 6 heteroatoms. The second-order valence-electron chi connectivity index (χ2n) is 5.61. The summed E-state index contributed by atoms with van der Waals surface area (Å²) in [7, 11) is 0. The Kier molecular flexibility index (Phi) is 5.17. The molecule has 2 rings (SSSR count). The number of pyridine rings is 1. The smallest absolute Gasteiger partial charge is 0.270 e. The third kappa shape index (κ3) is 3.71. The maximum Gasteiger partial charge on any atom is 0.270 e. The average Bonchev–Trinajstić information content (AvgIpc) is 2.48. The molecule has 0 aromatic carbocycles. The molecule has 1 aromatic rings. The monoisotopic (exact) mass is 325 g/mol. The molecule has 21 heavy (non-hydrogen) atoms. The van der Waals surface area contributed by atoms with Gasteiger partial charge in [-0.3, -0.25) is 4.79 Å². The summed E-state index contributed by atoms with van der Waals surface area (Å²) in [5.41, 5.74) is 5.66. The first-order chi connectivity index (χ1) is 9.97. The van der Waals surface area contributed by atoms with Crippen LogP contribution in [0.3, 0.4) is 0 Å². The highest BCUT2D eigenvalue weighted by atomic mass is 35.5. The standard InChI is InChI=1S/C15H20ClN3OS/c1-2-10-5-7-15(8-6-10,14(17)21)19-13(20)12-4-3-11(16)9-18-12/h3-4,9-10H,2,5-8H2,1H3,(H2,17,21)(H,19,20). The minimum atomic E-state index is -0.584. The van der Waals surface area contributed by atoms with E-state index in [9.17, 15) is 4.79 Å². The zero-order valence-corrected chi connectivity index (χ0v) is 13.6. The van der Waals surface area contributed by atoms with Crippen LogP contribution in [0.25, 0.3) is 0 Å². The van der Waals surface area contributed by atoms with Crippen LogP contribution >= 0.6 is 23.8 Å². The topological polar surface area (TPSA) is 68.0 Å². The van der Waals surface area contributed by atoms with Crippen LogP contribution in [0.5, 0.6) is 0 Å². The lowest BCUT2D eigenvalue weighted by atomic mass is 9.75. The Morgan fingerprint density at radius 2 is 2.19 bits per heavy atom. The third-order valence-corrected chi connectivity index (χ3v) is 4.93. The Balaban J connectivity index is 2.12. The fraction of sp³-hybridized carbons (Fsp3) is 0.533. The lowest BCUT2D eigenvalue weighted by Crippen LogP contribution is -2.58. The number of rotatable bonds is 4. The highest BCUT2D eigenvalue weighted by Gasteiger charge is 2.39. The van der Waals surface area contributed by atoms with Crippen molar-refractivity contribution in [3.63, 3.8) is 0 Å². The number of nitrogens with zero attached hydrogens (tertiary/aromatic N) is 1. The van der Waals surface area contributed by atoms with Crippen molar-refractivity contribution in [2.24, 2.45) is 11.7 Å². The van der Waals surface area contributed by atoms with Crippen molar-refractivity contribution in [1.82, 2.24) is 10.3 Å². The van der Waals surface area contributed by atoms with Crippen LogP contribution in [0.15, 0.2) is 18.3 Å². The number of carbonyl (C=O) groups is 1. The van der Waals surface area contributed by atoms with E-state index in [2.05, 4.69) is 17.2 Å². The number of hydrogen-bond donors (Lipinski definition) is 2. The number of nitrogens with two attached hydrogens (primary N) is 1.